The zero-order valence-corrected chi connectivity index (χ0v) is 9.74. The molecule has 0 aliphatic rings. The van der Waals surface area contributed by atoms with Crippen LogP contribution in [0, 0.1) is 0 Å². The van der Waals surface area contributed by atoms with Gasteiger partial charge in [-0.25, -0.2) is 0 Å². The van der Waals surface area contributed by atoms with E-state index in [0.717, 1.165) is 0 Å². The SMILES string of the molecule is CC.CCCCCNC.COC. The van der Waals surface area contributed by atoms with Crippen LogP contribution in [0.15, 0.2) is 0 Å². The topological polar surface area (TPSA) is 21.3 Å². The van der Waals surface area contributed by atoms with Gasteiger partial charge in [0.15, 0.2) is 0 Å². The summed E-state index contributed by atoms with van der Waals surface area (Å²) in [5.74, 6) is 0. The second-order valence-electron chi connectivity index (χ2n) is 2.22. The highest BCUT2D eigenvalue weighted by Crippen LogP contribution is 1.89. The standard InChI is InChI=1S/C6H15N.C2H6O.C2H6/c1-3-4-5-6-7-2;1-3-2;1-2/h7H,3-6H2,1-2H3;1-2H3;1-2H3. The van der Waals surface area contributed by atoms with E-state index in [0.29, 0.717) is 0 Å². The normalized spacial score (nSPS) is 7.50. The van der Waals surface area contributed by atoms with Gasteiger partial charge in [-0.2, -0.15) is 0 Å². The van der Waals surface area contributed by atoms with Crippen molar-refractivity contribution in [3.8, 4) is 0 Å². The Kier molecular flexibility index (Phi) is 45.6. The molecule has 2 nitrogen and oxygen atoms in total. The van der Waals surface area contributed by atoms with Crippen molar-refractivity contribution in [2.45, 2.75) is 40.0 Å². The molecular weight excluding hydrogens is 150 g/mol. The third kappa shape index (κ3) is 51.4. The van der Waals surface area contributed by atoms with Gasteiger partial charge in [-0.1, -0.05) is 33.6 Å². The van der Waals surface area contributed by atoms with E-state index in [1.807, 2.05) is 20.9 Å². The molecule has 0 fully saturated rings. The molecule has 0 aromatic heterocycles. The van der Waals surface area contributed by atoms with Gasteiger partial charge in [-0.05, 0) is 20.0 Å². The monoisotopic (exact) mass is 177 g/mol. The molecule has 0 aromatic carbocycles. The summed E-state index contributed by atoms with van der Waals surface area (Å²) >= 11 is 0. The Bertz CT molecular complexity index is 36.8. The van der Waals surface area contributed by atoms with Gasteiger partial charge in [-0.15, -0.1) is 0 Å². The van der Waals surface area contributed by atoms with Gasteiger partial charge < -0.3 is 10.1 Å². The summed E-state index contributed by atoms with van der Waals surface area (Å²) in [6.07, 6.45) is 4.01. The molecule has 78 valence electrons. The lowest BCUT2D eigenvalue weighted by molar-refractivity contribution is 0.277. The maximum absolute atomic E-state index is 4.25. The Balaban J connectivity index is -0.000000137. The van der Waals surface area contributed by atoms with Crippen LogP contribution >= 0.6 is 0 Å². The molecular formula is C10H27NO. The minimum Gasteiger partial charge on any atom is -0.388 e. The van der Waals surface area contributed by atoms with Crippen molar-refractivity contribution in [2.75, 3.05) is 27.8 Å². The molecule has 0 spiro atoms. The molecule has 0 aliphatic carbocycles. The first-order valence-electron chi connectivity index (χ1n) is 4.88. The van der Waals surface area contributed by atoms with Gasteiger partial charge in [0.25, 0.3) is 0 Å². The van der Waals surface area contributed by atoms with Crippen LogP contribution in [-0.4, -0.2) is 27.8 Å². The highest BCUT2D eigenvalue weighted by molar-refractivity contribution is 4.39. The third-order valence-electron chi connectivity index (χ3n) is 1.03. The van der Waals surface area contributed by atoms with E-state index in [1.54, 1.807) is 14.2 Å². The van der Waals surface area contributed by atoms with E-state index < -0.39 is 0 Å². The van der Waals surface area contributed by atoms with Crippen LogP contribution in [0.4, 0.5) is 0 Å². The number of hydrogen-bond donors (Lipinski definition) is 1. The maximum atomic E-state index is 4.25. The van der Waals surface area contributed by atoms with Crippen molar-refractivity contribution in [1.82, 2.24) is 5.32 Å². The van der Waals surface area contributed by atoms with Crippen molar-refractivity contribution < 1.29 is 4.74 Å². The predicted octanol–water partition coefficient (Wildman–Crippen LogP) is 2.68. The van der Waals surface area contributed by atoms with Crippen molar-refractivity contribution in [3.05, 3.63) is 0 Å². The summed E-state index contributed by atoms with van der Waals surface area (Å²) in [6, 6.07) is 0. The zero-order valence-electron chi connectivity index (χ0n) is 9.74. The highest BCUT2D eigenvalue weighted by Gasteiger charge is 1.78. The Morgan fingerprint density at radius 3 is 1.75 bits per heavy atom. The second kappa shape index (κ2) is 30.7. The minimum atomic E-state index is 1.17. The molecule has 0 saturated heterocycles. The summed E-state index contributed by atoms with van der Waals surface area (Å²) in [4.78, 5) is 0. The average molecular weight is 177 g/mol. The van der Waals surface area contributed by atoms with Gasteiger partial charge in [0, 0.05) is 14.2 Å². The Morgan fingerprint density at radius 2 is 1.50 bits per heavy atom. The molecule has 0 radical (unpaired) electrons. The summed E-state index contributed by atoms with van der Waals surface area (Å²) < 4.78 is 4.25. The van der Waals surface area contributed by atoms with Crippen molar-refractivity contribution in [1.29, 1.82) is 0 Å². The summed E-state index contributed by atoms with van der Waals surface area (Å²) in [6.45, 7) is 7.39. The summed E-state index contributed by atoms with van der Waals surface area (Å²) in [7, 11) is 5.25. The molecule has 0 unspecified atom stereocenters. The fourth-order valence-electron chi connectivity index (χ4n) is 0.552. The third-order valence-corrected chi connectivity index (χ3v) is 1.03. The maximum Gasteiger partial charge on any atom is 0.0351 e. The largest absolute Gasteiger partial charge is 0.388 e. The van der Waals surface area contributed by atoms with Crippen molar-refractivity contribution in [2.24, 2.45) is 0 Å². The number of unbranched alkanes of at least 4 members (excludes halogenated alkanes) is 2. The van der Waals surface area contributed by atoms with E-state index in [4.69, 9.17) is 0 Å². The molecule has 0 heterocycles. The first-order valence-corrected chi connectivity index (χ1v) is 4.88. The molecule has 1 N–H and O–H groups in total. The Hall–Kier alpha value is -0.0800. The fourth-order valence-corrected chi connectivity index (χ4v) is 0.552. The van der Waals surface area contributed by atoms with E-state index >= 15 is 0 Å². The fraction of sp³-hybridized carbons (Fsp3) is 1.00. The van der Waals surface area contributed by atoms with E-state index in [2.05, 4.69) is 17.0 Å². The second-order valence-corrected chi connectivity index (χ2v) is 2.22. The average Bonchev–Trinajstić information content (AvgIpc) is 2.11. The van der Waals surface area contributed by atoms with Crippen molar-refractivity contribution in [3.63, 3.8) is 0 Å². The summed E-state index contributed by atoms with van der Waals surface area (Å²) in [5, 5.41) is 3.10. The number of methoxy groups -OCH3 is 1. The minimum absolute atomic E-state index is 1.17. The number of nitrogens with one attached hydrogen (secondary N) is 1. The highest BCUT2D eigenvalue weighted by atomic mass is 16.4. The predicted molar refractivity (Wildman–Crippen MR) is 57.7 cm³/mol. The molecule has 0 saturated carbocycles. The molecule has 0 bridgehead atoms. The Morgan fingerprint density at radius 1 is 1.08 bits per heavy atom. The molecule has 12 heavy (non-hydrogen) atoms. The number of rotatable bonds is 4. The van der Waals surface area contributed by atoms with Crippen LogP contribution < -0.4 is 5.32 Å². The lowest BCUT2D eigenvalue weighted by atomic mass is 10.2. The van der Waals surface area contributed by atoms with Crippen LogP contribution in [0.3, 0.4) is 0 Å². The van der Waals surface area contributed by atoms with Gasteiger partial charge in [0.1, 0.15) is 0 Å². The van der Waals surface area contributed by atoms with E-state index in [-0.39, 0.29) is 0 Å². The zero-order chi connectivity index (χ0) is 10.2. The number of hydrogen-bond acceptors (Lipinski definition) is 2. The molecule has 0 rings (SSSR count). The molecule has 2 heteroatoms. The van der Waals surface area contributed by atoms with Gasteiger partial charge in [0.2, 0.25) is 0 Å². The first kappa shape index (κ1) is 17.9. The quantitative estimate of drug-likeness (QED) is 0.667. The number of ether oxygens (including phenoxy) is 1. The molecule has 0 aromatic rings. The molecule has 0 atom stereocenters. The Labute approximate surface area is 78.7 Å². The van der Waals surface area contributed by atoms with Gasteiger partial charge >= 0.3 is 0 Å². The van der Waals surface area contributed by atoms with Crippen LogP contribution in [0.5, 0.6) is 0 Å². The first-order chi connectivity index (χ1) is 5.83. The molecule has 0 amide bonds. The van der Waals surface area contributed by atoms with Crippen molar-refractivity contribution >= 4 is 0 Å². The van der Waals surface area contributed by atoms with Gasteiger partial charge in [0.05, 0.1) is 0 Å². The van der Waals surface area contributed by atoms with Crippen LogP contribution in [-0.2, 0) is 4.74 Å². The lowest BCUT2D eigenvalue weighted by Gasteiger charge is -1.93. The van der Waals surface area contributed by atoms with E-state index in [9.17, 15) is 0 Å². The van der Waals surface area contributed by atoms with Crippen LogP contribution in [0.25, 0.3) is 0 Å². The van der Waals surface area contributed by atoms with E-state index in [1.165, 1.54) is 25.8 Å². The summed E-state index contributed by atoms with van der Waals surface area (Å²) in [5.41, 5.74) is 0. The van der Waals surface area contributed by atoms with Gasteiger partial charge in [-0.3, -0.25) is 0 Å². The smallest absolute Gasteiger partial charge is 0.0351 e. The van der Waals surface area contributed by atoms with Crippen LogP contribution in [0.2, 0.25) is 0 Å². The lowest BCUT2D eigenvalue weighted by Crippen LogP contribution is -2.06. The van der Waals surface area contributed by atoms with Crippen LogP contribution in [0.1, 0.15) is 40.0 Å². The molecule has 0 aliphatic heterocycles.